The fraction of sp³-hybridized carbons (Fsp3) is 0.450. The summed E-state index contributed by atoms with van der Waals surface area (Å²) in [4.78, 5) is 6.12. The normalized spacial score (nSPS) is 12.5. The summed E-state index contributed by atoms with van der Waals surface area (Å²) >= 11 is 0. The average molecular weight is 349 g/mol. The zero-order valence-corrected chi connectivity index (χ0v) is 15.6. The highest BCUT2D eigenvalue weighted by Crippen LogP contribution is 2.26. The third kappa shape index (κ3) is 6.69. The van der Waals surface area contributed by atoms with Crippen LogP contribution in [0.2, 0.25) is 0 Å². The van der Waals surface area contributed by atoms with E-state index in [4.69, 9.17) is 0 Å². The Hall–Kier alpha value is -2.17. The van der Waals surface area contributed by atoms with E-state index < -0.39 is 5.92 Å². The van der Waals surface area contributed by atoms with E-state index in [1.54, 1.807) is 6.07 Å². The molecule has 1 aromatic heterocycles. The molecule has 0 bridgehead atoms. The van der Waals surface area contributed by atoms with Crippen LogP contribution in [0.1, 0.15) is 46.2 Å². The minimum atomic E-state index is -2.94. The molecule has 25 heavy (non-hydrogen) atoms. The molecule has 0 radical (unpaired) electrons. The van der Waals surface area contributed by atoms with Gasteiger partial charge in [-0.2, -0.15) is 8.78 Å². The van der Waals surface area contributed by atoms with Crippen molar-refractivity contribution in [2.75, 3.05) is 18.4 Å². The molecule has 0 aliphatic carbocycles. The first-order valence-electron chi connectivity index (χ1n) is 8.72. The summed E-state index contributed by atoms with van der Waals surface area (Å²) in [6, 6.07) is 2.93. The Labute approximate surface area is 150 Å². The van der Waals surface area contributed by atoms with E-state index in [0.717, 1.165) is 44.2 Å². The molecule has 0 spiro atoms. The standard InChI is InChI=1S/C20H29F2N3/c1-6-9-10-18(25(13-7-2)14-8-3)16(4)24-17-11-12-19(23-15-17)20(5,21)22/h6,9-12,15,24H,4,7-8,13-14H2,1-3,5H3/b9-6-,18-10+. The van der Waals surface area contributed by atoms with Gasteiger partial charge in [0.25, 0.3) is 5.92 Å². The fourth-order valence-electron chi connectivity index (χ4n) is 2.44. The summed E-state index contributed by atoms with van der Waals surface area (Å²) in [5.74, 6) is -2.94. The van der Waals surface area contributed by atoms with Crippen LogP contribution in [0.5, 0.6) is 0 Å². The zero-order chi connectivity index (χ0) is 18.9. The molecule has 0 saturated carbocycles. The molecule has 1 rings (SSSR count). The van der Waals surface area contributed by atoms with Gasteiger partial charge in [0.05, 0.1) is 23.3 Å². The molecule has 0 aliphatic heterocycles. The monoisotopic (exact) mass is 349 g/mol. The highest BCUT2D eigenvalue weighted by molar-refractivity contribution is 5.51. The zero-order valence-electron chi connectivity index (χ0n) is 15.6. The Bertz CT molecular complexity index is 592. The van der Waals surface area contributed by atoms with Crippen molar-refractivity contribution in [3.8, 4) is 0 Å². The molecular weight excluding hydrogens is 320 g/mol. The van der Waals surface area contributed by atoms with Crippen LogP contribution in [0.4, 0.5) is 14.5 Å². The van der Waals surface area contributed by atoms with Gasteiger partial charge in [0.15, 0.2) is 0 Å². The Morgan fingerprint density at radius 2 is 1.92 bits per heavy atom. The molecule has 0 aliphatic rings. The van der Waals surface area contributed by atoms with Crippen molar-refractivity contribution in [1.29, 1.82) is 0 Å². The third-order valence-electron chi connectivity index (χ3n) is 3.59. The second-order valence-electron chi connectivity index (χ2n) is 5.99. The summed E-state index contributed by atoms with van der Waals surface area (Å²) in [6.45, 7) is 13.1. The number of rotatable bonds is 10. The Morgan fingerprint density at radius 3 is 2.36 bits per heavy atom. The first-order chi connectivity index (χ1) is 11.8. The summed E-state index contributed by atoms with van der Waals surface area (Å²) in [6.07, 6.45) is 9.42. The second kappa shape index (κ2) is 9.97. The van der Waals surface area contributed by atoms with E-state index in [9.17, 15) is 8.78 Å². The third-order valence-corrected chi connectivity index (χ3v) is 3.59. The number of anilines is 1. The number of pyridine rings is 1. The van der Waals surface area contributed by atoms with Crippen LogP contribution in [0, 0.1) is 0 Å². The lowest BCUT2D eigenvalue weighted by Crippen LogP contribution is -2.27. The van der Waals surface area contributed by atoms with E-state index in [1.165, 1.54) is 12.3 Å². The predicted molar refractivity (Wildman–Crippen MR) is 102 cm³/mol. The number of nitrogens with one attached hydrogen (secondary N) is 1. The van der Waals surface area contributed by atoms with Gasteiger partial charge in [-0.25, -0.2) is 0 Å². The largest absolute Gasteiger partial charge is 0.370 e. The first-order valence-corrected chi connectivity index (χ1v) is 8.72. The van der Waals surface area contributed by atoms with Crippen molar-refractivity contribution in [3.05, 3.63) is 60.2 Å². The van der Waals surface area contributed by atoms with Crippen molar-refractivity contribution in [2.45, 2.75) is 46.5 Å². The Balaban J connectivity index is 2.98. The van der Waals surface area contributed by atoms with Gasteiger partial charge in [-0.3, -0.25) is 4.98 Å². The molecule has 0 amide bonds. The molecule has 0 atom stereocenters. The summed E-state index contributed by atoms with van der Waals surface area (Å²) in [5.41, 5.74) is 2.11. The minimum Gasteiger partial charge on any atom is -0.370 e. The van der Waals surface area contributed by atoms with Crippen molar-refractivity contribution in [1.82, 2.24) is 9.88 Å². The number of allylic oxidation sites excluding steroid dienone is 3. The molecule has 138 valence electrons. The van der Waals surface area contributed by atoms with Gasteiger partial charge in [0, 0.05) is 20.0 Å². The second-order valence-corrected chi connectivity index (χ2v) is 5.99. The van der Waals surface area contributed by atoms with Crippen molar-refractivity contribution >= 4 is 5.69 Å². The molecule has 0 fully saturated rings. The first kappa shape index (κ1) is 20.9. The van der Waals surface area contributed by atoms with Crippen LogP contribution in [0.3, 0.4) is 0 Å². The number of aromatic nitrogens is 1. The smallest absolute Gasteiger partial charge is 0.286 e. The summed E-state index contributed by atoms with van der Waals surface area (Å²) in [5, 5.41) is 3.18. The maximum Gasteiger partial charge on any atom is 0.286 e. The van der Waals surface area contributed by atoms with E-state index in [1.807, 2.05) is 25.2 Å². The summed E-state index contributed by atoms with van der Waals surface area (Å²) < 4.78 is 26.5. The molecule has 1 N–H and O–H groups in total. The minimum absolute atomic E-state index is 0.244. The van der Waals surface area contributed by atoms with Gasteiger partial charge in [-0.05, 0) is 38.0 Å². The number of hydrogen-bond acceptors (Lipinski definition) is 3. The molecule has 0 aromatic carbocycles. The lowest BCUT2D eigenvalue weighted by Gasteiger charge is -2.28. The van der Waals surface area contributed by atoms with E-state index in [2.05, 4.69) is 35.6 Å². The lowest BCUT2D eigenvalue weighted by molar-refractivity contribution is 0.0128. The molecule has 1 heterocycles. The van der Waals surface area contributed by atoms with Gasteiger partial charge in [-0.1, -0.05) is 32.6 Å². The van der Waals surface area contributed by atoms with Crippen LogP contribution >= 0.6 is 0 Å². The molecule has 0 unspecified atom stereocenters. The molecular formula is C20H29F2N3. The van der Waals surface area contributed by atoms with Crippen LogP contribution in [-0.4, -0.2) is 23.0 Å². The van der Waals surface area contributed by atoms with Crippen LogP contribution in [0.25, 0.3) is 0 Å². The van der Waals surface area contributed by atoms with Gasteiger partial charge in [0.2, 0.25) is 0 Å². The summed E-state index contributed by atoms with van der Waals surface area (Å²) in [7, 11) is 0. The van der Waals surface area contributed by atoms with Gasteiger partial charge in [-0.15, -0.1) is 0 Å². The highest BCUT2D eigenvalue weighted by atomic mass is 19.3. The Morgan fingerprint density at radius 1 is 1.28 bits per heavy atom. The maximum absolute atomic E-state index is 13.3. The van der Waals surface area contributed by atoms with Crippen LogP contribution in [0.15, 0.2) is 54.5 Å². The van der Waals surface area contributed by atoms with Crippen LogP contribution < -0.4 is 5.32 Å². The van der Waals surface area contributed by atoms with Crippen LogP contribution in [-0.2, 0) is 5.92 Å². The molecule has 3 nitrogen and oxygen atoms in total. The topological polar surface area (TPSA) is 28.2 Å². The maximum atomic E-state index is 13.3. The van der Waals surface area contributed by atoms with Crippen molar-refractivity contribution in [2.24, 2.45) is 0 Å². The number of nitrogens with zero attached hydrogens (tertiary/aromatic N) is 2. The van der Waals surface area contributed by atoms with E-state index in [0.29, 0.717) is 5.69 Å². The quantitative estimate of drug-likeness (QED) is 0.549. The lowest BCUT2D eigenvalue weighted by atomic mass is 10.2. The molecule has 1 aromatic rings. The van der Waals surface area contributed by atoms with Crippen molar-refractivity contribution < 1.29 is 8.78 Å². The SMILES string of the molecule is C=C(Nc1ccc(C(C)(F)F)nc1)/C(=C\C=C/C)N(CCC)CCC. The van der Waals surface area contributed by atoms with Gasteiger partial charge in [0.1, 0.15) is 5.69 Å². The average Bonchev–Trinajstić information content (AvgIpc) is 2.55. The number of halogens is 2. The molecule has 5 heteroatoms. The van der Waals surface area contributed by atoms with Gasteiger partial charge < -0.3 is 10.2 Å². The Kier molecular flexibility index (Phi) is 8.32. The fourth-order valence-corrected chi connectivity index (χ4v) is 2.44. The van der Waals surface area contributed by atoms with Gasteiger partial charge >= 0.3 is 0 Å². The highest BCUT2D eigenvalue weighted by Gasteiger charge is 2.25. The predicted octanol–water partition coefficient (Wildman–Crippen LogP) is 5.70. The van der Waals surface area contributed by atoms with E-state index in [-0.39, 0.29) is 5.69 Å². The number of alkyl halides is 2. The number of hydrogen-bond donors (Lipinski definition) is 1. The molecule has 0 saturated heterocycles. The van der Waals surface area contributed by atoms with E-state index >= 15 is 0 Å². The van der Waals surface area contributed by atoms with Crippen molar-refractivity contribution in [3.63, 3.8) is 0 Å².